The molecular formula is C32H36N2O5. The van der Waals surface area contributed by atoms with Crippen molar-refractivity contribution in [3.63, 3.8) is 0 Å². The van der Waals surface area contributed by atoms with Crippen molar-refractivity contribution in [3.8, 4) is 11.5 Å². The first-order valence-corrected chi connectivity index (χ1v) is 13.3. The zero-order valence-corrected chi connectivity index (χ0v) is 23.2. The summed E-state index contributed by atoms with van der Waals surface area (Å²) in [6.45, 7) is 10.6. The fraction of sp³-hybridized carbons (Fsp3) is 0.312. The number of benzene rings is 3. The molecule has 204 valence electrons. The number of hydrogen-bond acceptors (Lipinski definition) is 6. The smallest absolute Gasteiger partial charge is 0.300 e. The van der Waals surface area contributed by atoms with Crippen LogP contribution in [-0.4, -0.2) is 43.6 Å². The third-order valence-electron chi connectivity index (χ3n) is 6.84. The summed E-state index contributed by atoms with van der Waals surface area (Å²) in [6, 6.07) is 20.9. The number of methoxy groups -OCH3 is 1. The van der Waals surface area contributed by atoms with E-state index in [0.29, 0.717) is 40.8 Å². The number of hydrogen-bond donors (Lipinski definition) is 1. The molecular weight excluding hydrogens is 492 g/mol. The second-order valence-electron chi connectivity index (χ2n) is 9.83. The van der Waals surface area contributed by atoms with E-state index in [4.69, 9.17) is 9.47 Å². The number of carbonyl (C=O) groups is 2. The lowest BCUT2D eigenvalue weighted by molar-refractivity contribution is -0.132. The van der Waals surface area contributed by atoms with Gasteiger partial charge in [-0.15, -0.1) is 0 Å². The van der Waals surface area contributed by atoms with Gasteiger partial charge in [-0.05, 0) is 73.9 Å². The first-order valence-electron chi connectivity index (χ1n) is 13.3. The Hall–Kier alpha value is -4.26. The van der Waals surface area contributed by atoms with E-state index in [-0.39, 0.29) is 11.3 Å². The van der Waals surface area contributed by atoms with E-state index in [2.05, 4.69) is 32.6 Å². The van der Waals surface area contributed by atoms with Crippen molar-refractivity contribution in [2.24, 2.45) is 5.92 Å². The molecule has 39 heavy (non-hydrogen) atoms. The first-order chi connectivity index (χ1) is 18.8. The zero-order valence-electron chi connectivity index (χ0n) is 23.2. The predicted molar refractivity (Wildman–Crippen MR) is 155 cm³/mol. The Bertz CT molecular complexity index is 1340. The highest BCUT2D eigenvalue weighted by Gasteiger charge is 2.47. The molecule has 0 spiro atoms. The number of amides is 1. The number of ether oxygens (including phenoxy) is 2. The van der Waals surface area contributed by atoms with E-state index in [9.17, 15) is 14.7 Å². The van der Waals surface area contributed by atoms with Crippen LogP contribution in [0.15, 0.2) is 78.4 Å². The van der Waals surface area contributed by atoms with Gasteiger partial charge in [0.1, 0.15) is 17.3 Å². The van der Waals surface area contributed by atoms with Gasteiger partial charge in [-0.3, -0.25) is 14.5 Å². The number of rotatable bonds is 10. The fourth-order valence-corrected chi connectivity index (χ4v) is 4.81. The first kappa shape index (κ1) is 27.8. The molecule has 1 aliphatic rings. The van der Waals surface area contributed by atoms with Crippen LogP contribution in [0.2, 0.25) is 0 Å². The molecule has 0 saturated carbocycles. The van der Waals surface area contributed by atoms with Gasteiger partial charge in [0.2, 0.25) is 0 Å². The van der Waals surface area contributed by atoms with Crippen LogP contribution in [0.1, 0.15) is 44.9 Å². The molecule has 1 aliphatic heterocycles. The van der Waals surface area contributed by atoms with E-state index < -0.39 is 17.7 Å². The molecule has 1 heterocycles. The van der Waals surface area contributed by atoms with Crippen LogP contribution < -0.4 is 19.3 Å². The maximum atomic E-state index is 13.5. The number of aliphatic hydroxyl groups is 1. The summed E-state index contributed by atoms with van der Waals surface area (Å²) in [6.07, 6.45) is 0. The molecule has 3 aromatic rings. The lowest BCUT2D eigenvalue weighted by Gasteiger charge is -2.27. The van der Waals surface area contributed by atoms with Crippen molar-refractivity contribution in [1.82, 2.24) is 0 Å². The average Bonchev–Trinajstić information content (AvgIpc) is 3.22. The Morgan fingerprint density at radius 1 is 0.949 bits per heavy atom. The molecule has 0 aromatic heterocycles. The van der Waals surface area contributed by atoms with Crippen LogP contribution in [-0.2, 0) is 9.59 Å². The van der Waals surface area contributed by atoms with Gasteiger partial charge in [0.25, 0.3) is 11.7 Å². The molecule has 1 atom stereocenters. The number of aliphatic hydroxyl groups excluding tert-OH is 1. The second-order valence-corrected chi connectivity index (χ2v) is 9.83. The standard InChI is InChI=1S/C32H36N2O5/c1-6-33(7-2)24-16-12-22(13-17-24)29-28(30(35)23-14-18-25(19-15-23)39-20-21(3)4)31(36)32(37)34(29)26-10-8-9-11-27(26)38-5/h8-19,21,29,35H,6-7,20H2,1-5H3/b30-28-. The van der Waals surface area contributed by atoms with Crippen molar-refractivity contribution < 1.29 is 24.2 Å². The SMILES string of the molecule is CCN(CC)c1ccc(C2/C(=C(/O)c3ccc(OCC(C)C)cc3)C(=O)C(=O)N2c2ccccc2OC)cc1. The lowest BCUT2D eigenvalue weighted by atomic mass is 9.94. The number of nitrogens with zero attached hydrogens (tertiary/aromatic N) is 2. The third kappa shape index (κ3) is 5.62. The average molecular weight is 529 g/mol. The van der Waals surface area contributed by atoms with Crippen LogP contribution in [0.4, 0.5) is 11.4 Å². The Morgan fingerprint density at radius 2 is 1.59 bits per heavy atom. The summed E-state index contributed by atoms with van der Waals surface area (Å²) >= 11 is 0. The number of carbonyl (C=O) groups excluding carboxylic acids is 2. The van der Waals surface area contributed by atoms with Gasteiger partial charge < -0.3 is 19.5 Å². The highest BCUT2D eigenvalue weighted by molar-refractivity contribution is 6.51. The molecule has 3 aromatic carbocycles. The van der Waals surface area contributed by atoms with Gasteiger partial charge in [0, 0.05) is 24.3 Å². The number of ketones is 1. The van der Waals surface area contributed by atoms with E-state index in [1.807, 2.05) is 24.3 Å². The Balaban J connectivity index is 1.84. The molecule has 1 N–H and O–H groups in total. The normalized spacial score (nSPS) is 16.6. The molecule has 4 rings (SSSR count). The van der Waals surface area contributed by atoms with Crippen molar-refractivity contribution in [3.05, 3.63) is 89.5 Å². The number of anilines is 2. The Labute approximate surface area is 230 Å². The Morgan fingerprint density at radius 3 is 2.18 bits per heavy atom. The summed E-state index contributed by atoms with van der Waals surface area (Å²) in [5.74, 6) is -0.225. The molecule has 1 amide bonds. The van der Waals surface area contributed by atoms with Gasteiger partial charge in [-0.1, -0.05) is 38.1 Å². The predicted octanol–water partition coefficient (Wildman–Crippen LogP) is 6.20. The molecule has 1 unspecified atom stereocenters. The van der Waals surface area contributed by atoms with Gasteiger partial charge in [0.15, 0.2) is 0 Å². The van der Waals surface area contributed by atoms with E-state index in [1.165, 1.54) is 12.0 Å². The molecule has 7 heteroatoms. The lowest BCUT2D eigenvalue weighted by Crippen LogP contribution is -2.30. The van der Waals surface area contributed by atoms with Crippen LogP contribution in [0.5, 0.6) is 11.5 Å². The summed E-state index contributed by atoms with van der Waals surface area (Å²) in [4.78, 5) is 30.7. The van der Waals surface area contributed by atoms with Crippen molar-refractivity contribution in [2.45, 2.75) is 33.7 Å². The zero-order chi connectivity index (χ0) is 28.1. The highest BCUT2D eigenvalue weighted by atomic mass is 16.5. The van der Waals surface area contributed by atoms with E-state index >= 15 is 0 Å². The van der Waals surface area contributed by atoms with Crippen molar-refractivity contribution in [1.29, 1.82) is 0 Å². The topological polar surface area (TPSA) is 79.3 Å². The van der Waals surface area contributed by atoms with Crippen LogP contribution >= 0.6 is 0 Å². The van der Waals surface area contributed by atoms with Gasteiger partial charge in [0.05, 0.1) is 31.0 Å². The number of para-hydroxylation sites is 2. The summed E-state index contributed by atoms with van der Waals surface area (Å²) in [5.41, 5.74) is 2.65. The van der Waals surface area contributed by atoms with E-state index in [1.54, 1.807) is 48.5 Å². The monoisotopic (exact) mass is 528 g/mol. The Kier molecular flexibility index (Phi) is 8.59. The van der Waals surface area contributed by atoms with Crippen LogP contribution in [0.3, 0.4) is 0 Å². The number of Topliss-reactive ketones (excluding diaryl/α,β-unsaturated/α-hetero) is 1. The molecule has 1 fully saturated rings. The highest BCUT2D eigenvalue weighted by Crippen LogP contribution is 2.45. The summed E-state index contributed by atoms with van der Waals surface area (Å²) in [5, 5.41) is 11.5. The van der Waals surface area contributed by atoms with Crippen LogP contribution in [0.25, 0.3) is 5.76 Å². The van der Waals surface area contributed by atoms with Crippen molar-refractivity contribution in [2.75, 3.05) is 36.6 Å². The maximum Gasteiger partial charge on any atom is 0.300 e. The molecule has 0 bridgehead atoms. The molecule has 0 radical (unpaired) electrons. The largest absolute Gasteiger partial charge is 0.507 e. The quantitative estimate of drug-likeness (QED) is 0.192. The molecule has 7 nitrogen and oxygen atoms in total. The molecule has 0 aliphatic carbocycles. The van der Waals surface area contributed by atoms with E-state index in [0.717, 1.165) is 18.8 Å². The summed E-state index contributed by atoms with van der Waals surface area (Å²) < 4.78 is 11.3. The molecule has 1 saturated heterocycles. The fourth-order valence-electron chi connectivity index (χ4n) is 4.81. The van der Waals surface area contributed by atoms with Crippen molar-refractivity contribution >= 4 is 28.8 Å². The second kappa shape index (κ2) is 12.1. The maximum absolute atomic E-state index is 13.5. The van der Waals surface area contributed by atoms with Crippen LogP contribution in [0, 0.1) is 5.92 Å². The minimum absolute atomic E-state index is 0.0253. The van der Waals surface area contributed by atoms with Gasteiger partial charge in [-0.25, -0.2) is 0 Å². The van der Waals surface area contributed by atoms with Gasteiger partial charge in [-0.2, -0.15) is 0 Å². The van der Waals surface area contributed by atoms with Gasteiger partial charge >= 0.3 is 0 Å². The third-order valence-corrected chi connectivity index (χ3v) is 6.84. The summed E-state index contributed by atoms with van der Waals surface area (Å²) in [7, 11) is 1.52. The minimum atomic E-state index is -0.844. The minimum Gasteiger partial charge on any atom is -0.507 e.